The van der Waals surface area contributed by atoms with Gasteiger partial charge in [0, 0.05) is 0 Å². The van der Waals surface area contributed by atoms with Gasteiger partial charge in [-0.2, -0.15) is 0 Å². The Labute approximate surface area is 92.0 Å². The Morgan fingerprint density at radius 3 is 3.00 bits per heavy atom. The molecule has 2 N–H and O–H groups in total. The van der Waals surface area contributed by atoms with Crippen molar-refractivity contribution in [3.05, 3.63) is 23.8 Å². The third-order valence-electron chi connectivity index (χ3n) is 2.32. The van der Waals surface area contributed by atoms with Crippen LogP contribution in [0.4, 0.5) is 5.69 Å². The van der Waals surface area contributed by atoms with Gasteiger partial charge in [-0.15, -0.1) is 0 Å². The van der Waals surface area contributed by atoms with E-state index in [1.807, 2.05) is 13.0 Å². The Morgan fingerprint density at radius 1 is 1.56 bits per heavy atom. The van der Waals surface area contributed by atoms with E-state index in [0.717, 1.165) is 5.56 Å². The molecule has 0 saturated carbocycles. The number of anilines is 1. The van der Waals surface area contributed by atoms with Crippen molar-refractivity contribution in [2.45, 2.75) is 19.4 Å². The van der Waals surface area contributed by atoms with Crippen LogP contribution in [0.2, 0.25) is 0 Å². The Morgan fingerprint density at radius 2 is 2.31 bits per heavy atom. The van der Waals surface area contributed by atoms with Crippen molar-refractivity contribution in [3.8, 4) is 5.75 Å². The summed E-state index contributed by atoms with van der Waals surface area (Å²) in [7, 11) is 0. The molecule has 0 bridgehead atoms. The summed E-state index contributed by atoms with van der Waals surface area (Å²) in [4.78, 5) is 22.0. The monoisotopic (exact) mass is 221 g/mol. The Hall–Kier alpha value is -2.04. The normalized spacial score (nSPS) is 18.3. The molecule has 2 rings (SSSR count). The summed E-state index contributed by atoms with van der Waals surface area (Å²) >= 11 is 0. The lowest BCUT2D eigenvalue weighted by Gasteiger charge is -2.25. The van der Waals surface area contributed by atoms with Crippen molar-refractivity contribution in [3.63, 3.8) is 0 Å². The minimum absolute atomic E-state index is 0.334. The number of ether oxygens (including phenoxy) is 1. The second-order valence-corrected chi connectivity index (χ2v) is 3.69. The van der Waals surface area contributed by atoms with E-state index >= 15 is 0 Å². The number of carbonyl (C=O) groups is 2. The maximum atomic E-state index is 11.5. The molecule has 1 amide bonds. The molecule has 1 unspecified atom stereocenters. The maximum Gasteiger partial charge on any atom is 0.307 e. The first-order chi connectivity index (χ1) is 7.56. The SMILES string of the molecule is Cc1ccc2c(c1)OC(CC(=O)O)C(=O)N2. The van der Waals surface area contributed by atoms with Gasteiger partial charge in [0.15, 0.2) is 6.10 Å². The predicted octanol–water partition coefficient (Wildman–Crippen LogP) is 1.17. The average molecular weight is 221 g/mol. The number of rotatable bonds is 2. The molecule has 0 fully saturated rings. The van der Waals surface area contributed by atoms with Crippen LogP contribution in [-0.4, -0.2) is 23.1 Å². The molecule has 0 aliphatic carbocycles. The summed E-state index contributed by atoms with van der Waals surface area (Å²) in [5.74, 6) is -0.958. The van der Waals surface area contributed by atoms with Gasteiger partial charge in [0.05, 0.1) is 12.1 Å². The highest BCUT2D eigenvalue weighted by Gasteiger charge is 2.29. The van der Waals surface area contributed by atoms with Gasteiger partial charge in [0.2, 0.25) is 0 Å². The van der Waals surface area contributed by atoms with Crippen molar-refractivity contribution in [1.29, 1.82) is 0 Å². The van der Waals surface area contributed by atoms with Gasteiger partial charge in [-0.25, -0.2) is 0 Å². The van der Waals surface area contributed by atoms with Crippen molar-refractivity contribution in [1.82, 2.24) is 0 Å². The molecule has 1 aliphatic rings. The van der Waals surface area contributed by atoms with Crippen LogP contribution in [-0.2, 0) is 9.59 Å². The largest absolute Gasteiger partial charge is 0.481 e. The zero-order chi connectivity index (χ0) is 11.7. The highest BCUT2D eigenvalue weighted by Crippen LogP contribution is 2.30. The standard InChI is InChI=1S/C11H11NO4/c1-6-2-3-7-8(4-6)16-9(5-10(13)14)11(15)12-7/h2-4,9H,5H2,1H3,(H,12,15)(H,13,14). The number of fused-ring (bicyclic) bond motifs is 1. The number of aryl methyl sites for hydroxylation is 1. The van der Waals surface area contributed by atoms with E-state index in [4.69, 9.17) is 9.84 Å². The second kappa shape index (κ2) is 3.84. The molecule has 0 radical (unpaired) electrons. The van der Waals surface area contributed by atoms with Crippen LogP contribution in [0.25, 0.3) is 0 Å². The number of carboxylic acids is 1. The quantitative estimate of drug-likeness (QED) is 0.786. The van der Waals surface area contributed by atoms with Crippen LogP contribution in [0.5, 0.6) is 5.75 Å². The molecule has 1 aromatic carbocycles. The van der Waals surface area contributed by atoms with Crippen molar-refractivity contribution < 1.29 is 19.4 Å². The number of amides is 1. The van der Waals surface area contributed by atoms with Crippen LogP contribution >= 0.6 is 0 Å². The van der Waals surface area contributed by atoms with Crippen molar-refractivity contribution in [2.24, 2.45) is 0 Å². The van der Waals surface area contributed by atoms with Crippen molar-refractivity contribution >= 4 is 17.6 Å². The molecule has 5 heteroatoms. The fourth-order valence-electron chi connectivity index (χ4n) is 1.54. The summed E-state index contributed by atoms with van der Waals surface area (Å²) < 4.78 is 5.34. The number of hydrogen-bond acceptors (Lipinski definition) is 3. The van der Waals surface area contributed by atoms with Crippen molar-refractivity contribution in [2.75, 3.05) is 5.32 Å². The summed E-state index contributed by atoms with van der Waals surface area (Å²) in [5.41, 5.74) is 1.57. The Balaban J connectivity index is 2.26. The van der Waals surface area contributed by atoms with Gasteiger partial charge < -0.3 is 15.2 Å². The highest BCUT2D eigenvalue weighted by atomic mass is 16.5. The lowest BCUT2D eigenvalue weighted by Crippen LogP contribution is -2.38. The van der Waals surface area contributed by atoms with Crippen LogP contribution in [0.3, 0.4) is 0 Å². The van der Waals surface area contributed by atoms with Gasteiger partial charge in [0.25, 0.3) is 5.91 Å². The molecular weight excluding hydrogens is 210 g/mol. The molecule has 1 heterocycles. The van der Waals surface area contributed by atoms with E-state index in [-0.39, 0.29) is 6.42 Å². The predicted molar refractivity (Wildman–Crippen MR) is 56.5 cm³/mol. The minimum Gasteiger partial charge on any atom is -0.481 e. The van der Waals surface area contributed by atoms with Crippen LogP contribution < -0.4 is 10.1 Å². The van der Waals surface area contributed by atoms with Gasteiger partial charge in [-0.3, -0.25) is 9.59 Å². The topological polar surface area (TPSA) is 75.6 Å². The first-order valence-electron chi connectivity index (χ1n) is 4.86. The second-order valence-electron chi connectivity index (χ2n) is 3.69. The van der Waals surface area contributed by atoms with E-state index in [1.165, 1.54) is 0 Å². The van der Waals surface area contributed by atoms with E-state index < -0.39 is 18.0 Å². The summed E-state index contributed by atoms with van der Waals surface area (Å²) in [6.45, 7) is 1.90. The Kier molecular flexibility index (Phi) is 2.52. The van der Waals surface area contributed by atoms with E-state index in [0.29, 0.717) is 11.4 Å². The number of aliphatic carboxylic acids is 1. The zero-order valence-electron chi connectivity index (χ0n) is 8.69. The number of benzene rings is 1. The highest BCUT2D eigenvalue weighted by molar-refractivity contribution is 5.99. The molecular formula is C11H11NO4. The molecule has 0 aromatic heterocycles. The number of hydrogen-bond donors (Lipinski definition) is 2. The van der Waals surface area contributed by atoms with Gasteiger partial charge in [-0.1, -0.05) is 6.07 Å². The first-order valence-corrected chi connectivity index (χ1v) is 4.86. The molecule has 1 atom stereocenters. The molecule has 1 aliphatic heterocycles. The molecule has 0 saturated heterocycles. The fraction of sp³-hybridized carbons (Fsp3) is 0.273. The maximum absolute atomic E-state index is 11.5. The molecule has 16 heavy (non-hydrogen) atoms. The number of carbonyl (C=O) groups excluding carboxylic acids is 1. The summed E-state index contributed by atoms with van der Waals surface area (Å²) in [6, 6.07) is 5.35. The fourth-order valence-corrected chi connectivity index (χ4v) is 1.54. The third kappa shape index (κ3) is 1.98. The lowest BCUT2D eigenvalue weighted by atomic mass is 10.1. The first kappa shape index (κ1) is 10.5. The van der Waals surface area contributed by atoms with Crippen LogP contribution in [0.1, 0.15) is 12.0 Å². The third-order valence-corrected chi connectivity index (χ3v) is 2.32. The van der Waals surface area contributed by atoms with Crippen LogP contribution in [0.15, 0.2) is 18.2 Å². The lowest BCUT2D eigenvalue weighted by molar-refractivity contribution is -0.142. The Bertz CT molecular complexity index is 455. The molecule has 84 valence electrons. The smallest absolute Gasteiger partial charge is 0.307 e. The van der Waals surface area contributed by atoms with E-state index in [2.05, 4.69) is 5.32 Å². The number of nitrogens with one attached hydrogen (secondary N) is 1. The molecule has 1 aromatic rings. The summed E-state index contributed by atoms with van der Waals surface area (Å²) in [6.07, 6.45) is -1.29. The average Bonchev–Trinajstić information content (AvgIpc) is 2.19. The molecule has 0 spiro atoms. The van der Waals surface area contributed by atoms with Crippen LogP contribution in [0, 0.1) is 6.92 Å². The van der Waals surface area contributed by atoms with Gasteiger partial charge in [-0.05, 0) is 24.6 Å². The zero-order valence-corrected chi connectivity index (χ0v) is 8.69. The van der Waals surface area contributed by atoms with E-state index in [9.17, 15) is 9.59 Å². The van der Waals surface area contributed by atoms with Gasteiger partial charge in [0.1, 0.15) is 5.75 Å². The van der Waals surface area contributed by atoms with Gasteiger partial charge >= 0.3 is 5.97 Å². The van der Waals surface area contributed by atoms with E-state index in [1.54, 1.807) is 12.1 Å². The summed E-state index contributed by atoms with van der Waals surface area (Å²) in [5, 5.41) is 11.2. The minimum atomic E-state index is -1.06. The molecule has 5 nitrogen and oxygen atoms in total. The number of carboxylic acid groups (broad SMARTS) is 1.